The van der Waals surface area contributed by atoms with Gasteiger partial charge in [0.15, 0.2) is 5.65 Å². The Bertz CT molecular complexity index is 974. The molecule has 0 spiro atoms. The van der Waals surface area contributed by atoms with E-state index < -0.39 is 0 Å². The van der Waals surface area contributed by atoms with Gasteiger partial charge in [0.1, 0.15) is 5.75 Å². The minimum Gasteiger partial charge on any atom is -0.506 e. The molecule has 0 aliphatic heterocycles. The lowest BCUT2D eigenvalue weighted by atomic mass is 10.00. The van der Waals surface area contributed by atoms with Crippen molar-refractivity contribution in [3.8, 4) is 29.2 Å². The summed E-state index contributed by atoms with van der Waals surface area (Å²) >= 11 is 0. The van der Waals surface area contributed by atoms with Crippen LogP contribution in [0.25, 0.3) is 22.2 Å². The van der Waals surface area contributed by atoms with E-state index in [1.165, 1.54) is 4.57 Å². The van der Waals surface area contributed by atoms with Gasteiger partial charge in [0.05, 0.1) is 17.5 Å². The first-order valence-corrected chi connectivity index (χ1v) is 6.83. The maximum absolute atomic E-state index is 12.8. The number of rotatable bonds is 2. The second kappa shape index (κ2) is 5.08. The van der Waals surface area contributed by atoms with Crippen LogP contribution in [0, 0.1) is 19.3 Å². The third kappa shape index (κ3) is 1.97. The molecule has 1 aromatic carbocycles. The van der Waals surface area contributed by atoms with Crippen LogP contribution in [0.5, 0.6) is 5.75 Å². The predicted molar refractivity (Wildman–Crippen MR) is 85.6 cm³/mol. The Morgan fingerprint density at radius 2 is 2.09 bits per heavy atom. The van der Waals surface area contributed by atoms with Gasteiger partial charge in [-0.15, -0.1) is 6.42 Å². The van der Waals surface area contributed by atoms with Crippen molar-refractivity contribution in [1.82, 2.24) is 14.3 Å². The lowest BCUT2D eigenvalue weighted by Gasteiger charge is -2.11. The molecular formula is C17H15N3O2. The van der Waals surface area contributed by atoms with Crippen LogP contribution in [0.1, 0.15) is 5.56 Å². The Morgan fingerprint density at radius 3 is 2.77 bits per heavy atom. The third-order valence-electron chi connectivity index (χ3n) is 3.68. The number of aromatic hydroxyl groups is 1. The number of terminal acetylenes is 1. The molecular weight excluding hydrogens is 278 g/mol. The maximum atomic E-state index is 12.8. The van der Waals surface area contributed by atoms with Crippen LogP contribution in [0.2, 0.25) is 0 Å². The monoisotopic (exact) mass is 293 g/mol. The number of benzene rings is 1. The molecule has 0 unspecified atom stereocenters. The van der Waals surface area contributed by atoms with E-state index >= 15 is 0 Å². The molecule has 2 aromatic heterocycles. The number of fused-ring (bicyclic) bond motifs is 1. The minimum atomic E-state index is -0.337. The highest BCUT2D eigenvalue weighted by atomic mass is 16.3. The van der Waals surface area contributed by atoms with Gasteiger partial charge in [0.2, 0.25) is 0 Å². The summed E-state index contributed by atoms with van der Waals surface area (Å²) in [5.74, 6) is 2.41. The second-order valence-electron chi connectivity index (χ2n) is 5.17. The Hall–Kier alpha value is -3.00. The largest absolute Gasteiger partial charge is 0.506 e. The van der Waals surface area contributed by atoms with Crippen LogP contribution in [0.15, 0.2) is 35.3 Å². The summed E-state index contributed by atoms with van der Waals surface area (Å²) in [6.45, 7) is 2.00. The zero-order valence-corrected chi connectivity index (χ0v) is 12.4. The number of aromatic nitrogens is 3. The Kier molecular flexibility index (Phi) is 3.22. The van der Waals surface area contributed by atoms with Gasteiger partial charge in [0, 0.05) is 13.2 Å². The molecule has 1 N–H and O–H groups in total. The molecule has 0 atom stereocenters. The third-order valence-corrected chi connectivity index (χ3v) is 3.68. The number of hydrogen-bond acceptors (Lipinski definition) is 3. The SMILES string of the molecule is C#CCn1c(=O)c(-c2ccccc2C)c(O)c2cn(C)nc21. The second-order valence-corrected chi connectivity index (χ2v) is 5.17. The van der Waals surface area contributed by atoms with Gasteiger partial charge < -0.3 is 5.11 Å². The Balaban J connectivity index is 2.49. The molecule has 0 aliphatic carbocycles. The van der Waals surface area contributed by atoms with Crippen LogP contribution < -0.4 is 5.56 Å². The summed E-state index contributed by atoms with van der Waals surface area (Å²) in [6.07, 6.45) is 7.06. The number of hydrogen-bond donors (Lipinski definition) is 1. The average molecular weight is 293 g/mol. The van der Waals surface area contributed by atoms with Gasteiger partial charge in [-0.1, -0.05) is 30.2 Å². The molecule has 0 fully saturated rings. The molecule has 0 radical (unpaired) electrons. The fourth-order valence-corrected chi connectivity index (χ4v) is 2.64. The fourth-order valence-electron chi connectivity index (χ4n) is 2.64. The van der Waals surface area contributed by atoms with E-state index in [-0.39, 0.29) is 23.4 Å². The van der Waals surface area contributed by atoms with E-state index in [1.54, 1.807) is 17.9 Å². The summed E-state index contributed by atoms with van der Waals surface area (Å²) in [5.41, 5.74) is 1.91. The van der Waals surface area contributed by atoms with E-state index in [1.807, 2.05) is 31.2 Å². The zero-order valence-electron chi connectivity index (χ0n) is 12.4. The van der Waals surface area contributed by atoms with E-state index in [9.17, 15) is 9.90 Å². The Labute approximate surface area is 127 Å². The fraction of sp³-hybridized carbons (Fsp3) is 0.176. The van der Waals surface area contributed by atoms with Crippen molar-refractivity contribution in [3.63, 3.8) is 0 Å². The normalized spacial score (nSPS) is 10.8. The van der Waals surface area contributed by atoms with Gasteiger partial charge in [0.25, 0.3) is 5.56 Å². The number of aryl methyl sites for hydroxylation is 2. The van der Waals surface area contributed by atoms with Crippen LogP contribution in [-0.2, 0) is 13.6 Å². The minimum absolute atomic E-state index is 0.0596. The quantitative estimate of drug-likeness (QED) is 0.736. The molecule has 0 aliphatic rings. The number of pyridine rings is 1. The van der Waals surface area contributed by atoms with Gasteiger partial charge in [-0.25, -0.2) is 0 Å². The van der Waals surface area contributed by atoms with Crippen molar-refractivity contribution in [2.45, 2.75) is 13.5 Å². The summed E-state index contributed by atoms with van der Waals surface area (Å²) < 4.78 is 2.97. The van der Waals surface area contributed by atoms with Gasteiger partial charge in [-0.2, -0.15) is 5.10 Å². The van der Waals surface area contributed by atoms with Crippen molar-refractivity contribution in [2.24, 2.45) is 7.05 Å². The smallest absolute Gasteiger partial charge is 0.264 e. The molecule has 0 saturated heterocycles. The van der Waals surface area contributed by atoms with E-state index in [2.05, 4.69) is 11.0 Å². The highest BCUT2D eigenvalue weighted by molar-refractivity contribution is 5.90. The lowest BCUT2D eigenvalue weighted by Crippen LogP contribution is -2.22. The van der Waals surface area contributed by atoms with Gasteiger partial charge in [-0.3, -0.25) is 14.0 Å². The molecule has 5 nitrogen and oxygen atoms in total. The average Bonchev–Trinajstić information content (AvgIpc) is 2.87. The van der Waals surface area contributed by atoms with Gasteiger partial charge >= 0.3 is 0 Å². The molecule has 3 aromatic rings. The van der Waals surface area contributed by atoms with Crippen LogP contribution >= 0.6 is 0 Å². The highest BCUT2D eigenvalue weighted by Crippen LogP contribution is 2.33. The molecule has 22 heavy (non-hydrogen) atoms. The first-order chi connectivity index (χ1) is 10.5. The van der Waals surface area contributed by atoms with Crippen molar-refractivity contribution in [1.29, 1.82) is 0 Å². The van der Waals surface area contributed by atoms with Crippen molar-refractivity contribution in [3.05, 3.63) is 46.4 Å². The first kappa shape index (κ1) is 14.0. The summed E-state index contributed by atoms with van der Waals surface area (Å²) in [7, 11) is 1.73. The first-order valence-electron chi connectivity index (χ1n) is 6.83. The van der Waals surface area contributed by atoms with E-state index in [4.69, 9.17) is 6.42 Å². The van der Waals surface area contributed by atoms with Crippen molar-refractivity contribution in [2.75, 3.05) is 0 Å². The standard InChI is InChI=1S/C17H15N3O2/c1-4-9-20-16-13(10-19(3)18-16)15(21)14(17(20)22)12-8-6-5-7-11(12)2/h1,5-8,10,21H,9H2,2-3H3. The summed E-state index contributed by atoms with van der Waals surface area (Å²) in [5, 5.41) is 15.3. The maximum Gasteiger partial charge on any atom is 0.264 e. The molecule has 0 saturated carbocycles. The van der Waals surface area contributed by atoms with Crippen molar-refractivity contribution < 1.29 is 5.11 Å². The van der Waals surface area contributed by atoms with Crippen LogP contribution in [0.4, 0.5) is 0 Å². The molecule has 0 amide bonds. The molecule has 2 heterocycles. The Morgan fingerprint density at radius 1 is 1.36 bits per heavy atom. The predicted octanol–water partition coefficient (Wildman–Crippen LogP) is 2.05. The molecule has 3 rings (SSSR count). The van der Waals surface area contributed by atoms with Gasteiger partial charge in [-0.05, 0) is 18.1 Å². The van der Waals surface area contributed by atoms with Crippen LogP contribution in [-0.4, -0.2) is 19.5 Å². The molecule has 0 bridgehead atoms. The molecule has 110 valence electrons. The van der Waals surface area contributed by atoms with Crippen LogP contribution in [0.3, 0.4) is 0 Å². The van der Waals surface area contributed by atoms with Crippen molar-refractivity contribution >= 4 is 11.0 Å². The molecule has 5 heteroatoms. The lowest BCUT2D eigenvalue weighted by molar-refractivity contribution is 0.481. The zero-order chi connectivity index (χ0) is 15.9. The number of nitrogens with zero attached hydrogens (tertiary/aromatic N) is 3. The topological polar surface area (TPSA) is 60.1 Å². The highest BCUT2D eigenvalue weighted by Gasteiger charge is 2.20. The van der Waals surface area contributed by atoms with E-state index in [0.29, 0.717) is 16.6 Å². The van der Waals surface area contributed by atoms with E-state index in [0.717, 1.165) is 5.56 Å². The summed E-state index contributed by atoms with van der Waals surface area (Å²) in [6, 6.07) is 7.43. The summed E-state index contributed by atoms with van der Waals surface area (Å²) in [4.78, 5) is 12.8.